The third-order valence-electron chi connectivity index (χ3n) is 2.89. The zero-order valence-electron chi connectivity index (χ0n) is 11.4. The average Bonchev–Trinajstić information content (AvgIpc) is 2.41. The molecule has 21 heavy (non-hydrogen) atoms. The summed E-state index contributed by atoms with van der Waals surface area (Å²) < 4.78 is 14.1. The number of hydrogen-bond donors (Lipinski definition) is 2. The number of anilines is 1. The van der Waals surface area contributed by atoms with Crippen molar-refractivity contribution in [2.45, 2.75) is 19.9 Å². The lowest BCUT2D eigenvalue weighted by molar-refractivity contribution is -0.116. The van der Waals surface area contributed by atoms with Gasteiger partial charge in [-0.2, -0.15) is 0 Å². The molecular weight excluding hydrogens is 277 g/mol. The molecule has 2 aromatic rings. The minimum atomic E-state index is -0.661. The van der Waals surface area contributed by atoms with E-state index in [1.54, 1.807) is 6.92 Å². The van der Waals surface area contributed by atoms with E-state index in [0.29, 0.717) is 17.7 Å². The van der Waals surface area contributed by atoms with Gasteiger partial charge in [0.1, 0.15) is 12.4 Å². The Morgan fingerprint density at radius 2 is 2.14 bits per heavy atom. The Morgan fingerprint density at radius 1 is 1.38 bits per heavy atom. The zero-order valence-corrected chi connectivity index (χ0v) is 11.4. The number of hydrogen-bond acceptors (Lipinski definition) is 3. The number of carbonyl (C=O) groups is 1. The van der Waals surface area contributed by atoms with E-state index < -0.39 is 23.0 Å². The van der Waals surface area contributed by atoms with Crippen LogP contribution in [0, 0.1) is 5.82 Å². The fraction of sp³-hybridized carbons (Fsp3) is 0.214. The summed E-state index contributed by atoms with van der Waals surface area (Å²) in [7, 11) is 0. The molecule has 6 nitrogen and oxygen atoms in total. The van der Waals surface area contributed by atoms with Crippen molar-refractivity contribution in [3.8, 4) is 0 Å². The summed E-state index contributed by atoms with van der Waals surface area (Å²) in [6.45, 7) is 1.51. The van der Waals surface area contributed by atoms with Gasteiger partial charge in [-0.15, -0.1) is 0 Å². The number of nitrogens with zero attached hydrogens (tertiary/aromatic N) is 1. The highest BCUT2D eigenvalue weighted by atomic mass is 19.1. The predicted molar refractivity (Wildman–Crippen MR) is 75.7 cm³/mol. The minimum absolute atomic E-state index is 0.265. The van der Waals surface area contributed by atoms with Crippen molar-refractivity contribution < 1.29 is 9.18 Å². The van der Waals surface area contributed by atoms with Gasteiger partial charge in [0.05, 0.1) is 0 Å². The molecule has 110 valence electrons. The van der Waals surface area contributed by atoms with Crippen molar-refractivity contribution in [1.82, 2.24) is 9.55 Å². The highest BCUT2D eigenvalue weighted by Gasteiger charge is 2.08. The molecule has 0 radical (unpaired) electrons. The third-order valence-corrected chi connectivity index (χ3v) is 2.89. The monoisotopic (exact) mass is 291 g/mol. The number of amides is 1. The van der Waals surface area contributed by atoms with E-state index in [-0.39, 0.29) is 6.54 Å². The summed E-state index contributed by atoms with van der Waals surface area (Å²) in [6, 6.07) is 5.43. The van der Waals surface area contributed by atoms with E-state index in [2.05, 4.69) is 10.3 Å². The Bertz CT molecular complexity index is 780. The van der Waals surface area contributed by atoms with Crippen LogP contribution in [0.4, 0.5) is 10.1 Å². The number of carbonyl (C=O) groups excluding carboxylic acids is 1. The van der Waals surface area contributed by atoms with Gasteiger partial charge in [-0.3, -0.25) is 19.1 Å². The van der Waals surface area contributed by atoms with Crippen molar-refractivity contribution in [1.29, 1.82) is 0 Å². The first-order chi connectivity index (χ1) is 9.99. The summed E-state index contributed by atoms with van der Waals surface area (Å²) in [5.41, 5.74) is -0.405. The summed E-state index contributed by atoms with van der Waals surface area (Å²) >= 11 is 0. The van der Waals surface area contributed by atoms with Crippen LogP contribution in [0.15, 0.2) is 40.1 Å². The van der Waals surface area contributed by atoms with Crippen LogP contribution in [0.25, 0.3) is 0 Å². The van der Waals surface area contributed by atoms with E-state index in [4.69, 9.17) is 0 Å². The smallest absolute Gasteiger partial charge is 0.324 e. The molecule has 0 fully saturated rings. The quantitative estimate of drug-likeness (QED) is 0.877. The van der Waals surface area contributed by atoms with E-state index in [1.165, 1.54) is 30.5 Å². The normalized spacial score (nSPS) is 10.4. The van der Waals surface area contributed by atoms with Gasteiger partial charge >= 0.3 is 5.69 Å². The number of aryl methyl sites for hydroxylation is 1. The maximum absolute atomic E-state index is 13.0. The van der Waals surface area contributed by atoms with Crippen LogP contribution in [0.2, 0.25) is 0 Å². The first kappa shape index (κ1) is 14.7. The number of halogens is 1. The second-order valence-electron chi connectivity index (χ2n) is 4.45. The van der Waals surface area contributed by atoms with E-state index >= 15 is 0 Å². The molecule has 0 aliphatic rings. The Balaban J connectivity index is 2.16. The molecule has 1 heterocycles. The average molecular weight is 291 g/mol. The Hall–Kier alpha value is -2.70. The molecule has 0 aliphatic heterocycles. The molecule has 0 unspecified atom stereocenters. The third kappa shape index (κ3) is 3.65. The summed E-state index contributed by atoms with van der Waals surface area (Å²) in [5, 5.41) is 2.48. The molecule has 0 saturated heterocycles. The maximum Gasteiger partial charge on any atom is 0.328 e. The Morgan fingerprint density at radius 3 is 2.81 bits per heavy atom. The van der Waals surface area contributed by atoms with Gasteiger partial charge < -0.3 is 5.32 Å². The second kappa shape index (κ2) is 6.17. The van der Waals surface area contributed by atoms with Crippen LogP contribution in [-0.4, -0.2) is 15.5 Å². The molecule has 0 saturated carbocycles. The molecule has 1 aromatic heterocycles. The van der Waals surface area contributed by atoms with Crippen molar-refractivity contribution in [2.24, 2.45) is 0 Å². The topological polar surface area (TPSA) is 84.0 Å². The van der Waals surface area contributed by atoms with Crippen LogP contribution >= 0.6 is 0 Å². The van der Waals surface area contributed by atoms with Crippen molar-refractivity contribution in [3.63, 3.8) is 0 Å². The fourth-order valence-corrected chi connectivity index (χ4v) is 1.85. The SMILES string of the molecule is CCc1cn(CC(=O)Nc2cccc(F)c2)c(=O)[nH]c1=O. The van der Waals surface area contributed by atoms with E-state index in [1.807, 2.05) is 0 Å². The summed E-state index contributed by atoms with van der Waals surface area (Å²) in [5.74, 6) is -0.959. The molecule has 1 amide bonds. The Kier molecular flexibility index (Phi) is 4.32. The number of aromatic amines is 1. The molecule has 2 N–H and O–H groups in total. The van der Waals surface area contributed by atoms with Gasteiger partial charge in [-0.05, 0) is 24.6 Å². The van der Waals surface area contributed by atoms with Crippen molar-refractivity contribution in [2.75, 3.05) is 5.32 Å². The van der Waals surface area contributed by atoms with Crippen LogP contribution in [-0.2, 0) is 17.8 Å². The zero-order chi connectivity index (χ0) is 15.4. The second-order valence-corrected chi connectivity index (χ2v) is 4.45. The molecule has 0 aliphatic carbocycles. The van der Waals surface area contributed by atoms with Crippen molar-refractivity contribution in [3.05, 3.63) is 62.7 Å². The summed E-state index contributed by atoms with van der Waals surface area (Å²) in [4.78, 5) is 37.0. The molecular formula is C14H14FN3O3. The maximum atomic E-state index is 13.0. The fourth-order valence-electron chi connectivity index (χ4n) is 1.85. The van der Waals surface area contributed by atoms with Gasteiger partial charge in [-0.1, -0.05) is 13.0 Å². The van der Waals surface area contributed by atoms with Crippen LogP contribution in [0.5, 0.6) is 0 Å². The highest BCUT2D eigenvalue weighted by Crippen LogP contribution is 2.08. The standard InChI is InChI=1S/C14H14FN3O3/c1-2-9-7-18(14(21)17-13(9)20)8-12(19)16-11-5-3-4-10(15)6-11/h3-7H,2,8H2,1H3,(H,16,19)(H,17,20,21). The first-order valence-electron chi connectivity index (χ1n) is 6.37. The number of nitrogens with one attached hydrogen (secondary N) is 2. The van der Waals surface area contributed by atoms with Gasteiger partial charge in [0, 0.05) is 17.4 Å². The largest absolute Gasteiger partial charge is 0.328 e. The first-order valence-corrected chi connectivity index (χ1v) is 6.37. The van der Waals surface area contributed by atoms with Gasteiger partial charge in [0.15, 0.2) is 0 Å². The lowest BCUT2D eigenvalue weighted by Gasteiger charge is -2.08. The predicted octanol–water partition coefficient (Wildman–Crippen LogP) is 0.877. The van der Waals surface area contributed by atoms with Gasteiger partial charge in [0.25, 0.3) is 5.56 Å². The van der Waals surface area contributed by atoms with Gasteiger partial charge in [-0.25, -0.2) is 9.18 Å². The molecule has 1 aromatic carbocycles. The van der Waals surface area contributed by atoms with E-state index in [0.717, 1.165) is 4.57 Å². The van der Waals surface area contributed by atoms with Gasteiger partial charge in [0.2, 0.25) is 5.91 Å². The van der Waals surface area contributed by atoms with Crippen LogP contribution in [0.3, 0.4) is 0 Å². The van der Waals surface area contributed by atoms with Crippen LogP contribution in [0.1, 0.15) is 12.5 Å². The van der Waals surface area contributed by atoms with E-state index in [9.17, 15) is 18.8 Å². The number of aromatic nitrogens is 2. The molecule has 0 atom stereocenters. The Labute approximate surface area is 119 Å². The highest BCUT2D eigenvalue weighted by molar-refractivity contribution is 5.90. The minimum Gasteiger partial charge on any atom is -0.324 e. The summed E-state index contributed by atoms with van der Waals surface area (Å²) in [6.07, 6.45) is 1.80. The molecule has 2 rings (SSSR count). The van der Waals surface area contributed by atoms with Crippen LogP contribution < -0.4 is 16.6 Å². The molecule has 0 spiro atoms. The van der Waals surface area contributed by atoms with Crippen molar-refractivity contribution >= 4 is 11.6 Å². The molecule has 7 heteroatoms. The number of H-pyrrole nitrogens is 1. The lowest BCUT2D eigenvalue weighted by atomic mass is 10.2. The lowest BCUT2D eigenvalue weighted by Crippen LogP contribution is -2.34. The molecule has 0 bridgehead atoms. The number of rotatable bonds is 4. The number of benzene rings is 1.